The second-order valence-corrected chi connectivity index (χ2v) is 7.01. The summed E-state index contributed by atoms with van der Waals surface area (Å²) in [5.74, 6) is -0.411. The average molecular weight is 419 g/mol. The average Bonchev–Trinajstić information content (AvgIpc) is 3.20. The standard InChI is InChI=1S/C20H17F4N5O/c21-15-4-1-3-13(9-15)12-29-18(30)7-6-16(27-29)14-10-25-19(26-11-14)28-8-2-5-17(28)20(22,23)24/h1,3-4,6-7,9-11,17H,2,5,8,12H2/t17-/m0/s1. The molecule has 1 fully saturated rings. The number of nitrogens with zero attached hydrogens (tertiary/aromatic N) is 5. The smallest absolute Gasteiger partial charge is 0.329 e. The van der Waals surface area contributed by atoms with E-state index in [2.05, 4.69) is 15.1 Å². The van der Waals surface area contributed by atoms with E-state index in [1.54, 1.807) is 12.1 Å². The number of rotatable bonds is 4. The van der Waals surface area contributed by atoms with E-state index in [-0.39, 0.29) is 31.0 Å². The minimum atomic E-state index is -4.34. The van der Waals surface area contributed by atoms with Crippen molar-refractivity contribution in [3.63, 3.8) is 0 Å². The quantitative estimate of drug-likeness (QED) is 0.607. The van der Waals surface area contributed by atoms with Gasteiger partial charge in [-0.1, -0.05) is 12.1 Å². The van der Waals surface area contributed by atoms with E-state index < -0.39 is 18.0 Å². The summed E-state index contributed by atoms with van der Waals surface area (Å²) in [6.45, 7) is 0.310. The maximum Gasteiger partial charge on any atom is 0.408 e. The van der Waals surface area contributed by atoms with Gasteiger partial charge in [0.25, 0.3) is 5.56 Å². The second kappa shape index (κ2) is 7.85. The molecule has 1 aliphatic heterocycles. The van der Waals surface area contributed by atoms with Crippen LogP contribution in [0.3, 0.4) is 0 Å². The van der Waals surface area contributed by atoms with Crippen LogP contribution >= 0.6 is 0 Å². The van der Waals surface area contributed by atoms with Crippen molar-refractivity contribution in [2.24, 2.45) is 0 Å². The molecule has 0 bridgehead atoms. The van der Waals surface area contributed by atoms with Crippen molar-refractivity contribution in [2.75, 3.05) is 11.4 Å². The van der Waals surface area contributed by atoms with Crippen LogP contribution in [0.25, 0.3) is 11.3 Å². The van der Waals surface area contributed by atoms with Crippen molar-refractivity contribution >= 4 is 5.95 Å². The Kier molecular flexibility index (Phi) is 5.23. The zero-order valence-electron chi connectivity index (χ0n) is 15.7. The minimum absolute atomic E-state index is 0.00616. The first-order valence-corrected chi connectivity index (χ1v) is 9.30. The van der Waals surface area contributed by atoms with Crippen molar-refractivity contribution in [1.29, 1.82) is 0 Å². The van der Waals surface area contributed by atoms with E-state index in [0.29, 0.717) is 23.2 Å². The molecular weight excluding hydrogens is 402 g/mol. The Balaban J connectivity index is 1.58. The Morgan fingerprint density at radius 1 is 1.10 bits per heavy atom. The van der Waals surface area contributed by atoms with Crippen LogP contribution in [0.1, 0.15) is 18.4 Å². The molecule has 3 aromatic rings. The lowest BCUT2D eigenvalue weighted by molar-refractivity contribution is -0.146. The maximum absolute atomic E-state index is 13.4. The summed E-state index contributed by atoms with van der Waals surface area (Å²) >= 11 is 0. The molecule has 1 saturated heterocycles. The van der Waals surface area contributed by atoms with Crippen molar-refractivity contribution < 1.29 is 17.6 Å². The third-order valence-corrected chi connectivity index (χ3v) is 4.91. The van der Waals surface area contributed by atoms with Gasteiger partial charge in [-0.3, -0.25) is 4.79 Å². The molecule has 0 N–H and O–H groups in total. The molecule has 10 heteroatoms. The van der Waals surface area contributed by atoms with Gasteiger partial charge in [0.05, 0.1) is 12.2 Å². The lowest BCUT2D eigenvalue weighted by Gasteiger charge is -2.26. The van der Waals surface area contributed by atoms with Crippen LogP contribution < -0.4 is 10.5 Å². The molecule has 1 atom stereocenters. The molecule has 1 aliphatic rings. The third kappa shape index (κ3) is 4.17. The van der Waals surface area contributed by atoms with Gasteiger partial charge in [0.1, 0.15) is 11.9 Å². The van der Waals surface area contributed by atoms with Crippen LogP contribution in [-0.2, 0) is 6.54 Å². The molecule has 1 aromatic carbocycles. The Hall–Kier alpha value is -3.30. The third-order valence-electron chi connectivity index (χ3n) is 4.91. The molecule has 2 aromatic heterocycles. The highest BCUT2D eigenvalue weighted by Crippen LogP contribution is 2.34. The first-order chi connectivity index (χ1) is 14.3. The predicted molar refractivity (Wildman–Crippen MR) is 101 cm³/mol. The van der Waals surface area contributed by atoms with Crippen molar-refractivity contribution in [3.05, 3.63) is 70.5 Å². The number of anilines is 1. The summed E-state index contributed by atoms with van der Waals surface area (Å²) in [5.41, 5.74) is 1.03. The molecule has 0 saturated carbocycles. The number of hydrogen-bond donors (Lipinski definition) is 0. The Morgan fingerprint density at radius 3 is 2.57 bits per heavy atom. The van der Waals surface area contributed by atoms with Gasteiger partial charge < -0.3 is 4.90 Å². The van der Waals surface area contributed by atoms with Crippen LogP contribution in [0.4, 0.5) is 23.5 Å². The van der Waals surface area contributed by atoms with Crippen LogP contribution in [0.15, 0.2) is 53.6 Å². The number of alkyl halides is 3. The number of benzene rings is 1. The van der Waals surface area contributed by atoms with Crippen LogP contribution in [0.2, 0.25) is 0 Å². The molecule has 3 heterocycles. The highest BCUT2D eigenvalue weighted by molar-refractivity contribution is 5.56. The summed E-state index contributed by atoms with van der Waals surface area (Å²) in [7, 11) is 0. The van der Waals surface area contributed by atoms with E-state index >= 15 is 0 Å². The Labute approximate surface area is 168 Å². The molecule has 0 unspecified atom stereocenters. The van der Waals surface area contributed by atoms with Gasteiger partial charge in [-0.05, 0) is 36.6 Å². The largest absolute Gasteiger partial charge is 0.408 e. The zero-order chi connectivity index (χ0) is 21.3. The highest BCUT2D eigenvalue weighted by Gasteiger charge is 2.46. The zero-order valence-corrected chi connectivity index (χ0v) is 15.7. The van der Waals surface area contributed by atoms with E-state index in [0.717, 1.165) is 4.90 Å². The van der Waals surface area contributed by atoms with Gasteiger partial charge in [-0.15, -0.1) is 0 Å². The molecule has 6 nitrogen and oxygen atoms in total. The molecular formula is C20H17F4N5O. The van der Waals surface area contributed by atoms with E-state index in [9.17, 15) is 22.4 Å². The van der Waals surface area contributed by atoms with Crippen molar-refractivity contribution in [2.45, 2.75) is 31.6 Å². The van der Waals surface area contributed by atoms with Crippen molar-refractivity contribution in [1.82, 2.24) is 19.7 Å². The van der Waals surface area contributed by atoms with Gasteiger partial charge in [0.2, 0.25) is 5.95 Å². The number of halogens is 4. The number of aromatic nitrogens is 4. The van der Waals surface area contributed by atoms with Crippen LogP contribution in [0.5, 0.6) is 0 Å². The van der Waals surface area contributed by atoms with E-state index in [4.69, 9.17) is 0 Å². The molecule has 0 spiro atoms. The molecule has 0 amide bonds. The van der Waals surface area contributed by atoms with Gasteiger partial charge >= 0.3 is 6.18 Å². The summed E-state index contributed by atoms with van der Waals surface area (Å²) in [6.07, 6.45) is -1.14. The second-order valence-electron chi connectivity index (χ2n) is 7.01. The normalized spacial score (nSPS) is 16.8. The van der Waals surface area contributed by atoms with Crippen LogP contribution in [0, 0.1) is 5.82 Å². The fourth-order valence-electron chi connectivity index (χ4n) is 3.47. The Morgan fingerprint density at radius 2 is 1.87 bits per heavy atom. The minimum Gasteiger partial charge on any atom is -0.329 e. The summed E-state index contributed by atoms with van der Waals surface area (Å²) in [5, 5.41) is 4.26. The molecule has 0 radical (unpaired) electrons. The maximum atomic E-state index is 13.4. The summed E-state index contributed by atoms with van der Waals surface area (Å²) in [6, 6.07) is 7.04. The highest BCUT2D eigenvalue weighted by atomic mass is 19.4. The van der Waals surface area contributed by atoms with E-state index in [1.165, 1.54) is 41.3 Å². The topological polar surface area (TPSA) is 63.9 Å². The monoisotopic (exact) mass is 419 g/mol. The van der Waals surface area contributed by atoms with Gasteiger partial charge in [-0.2, -0.15) is 18.3 Å². The van der Waals surface area contributed by atoms with Gasteiger partial charge in [-0.25, -0.2) is 19.0 Å². The Bertz CT molecular complexity index is 1100. The van der Waals surface area contributed by atoms with Gasteiger partial charge in [0, 0.05) is 30.6 Å². The van der Waals surface area contributed by atoms with Gasteiger partial charge in [0.15, 0.2) is 0 Å². The molecule has 4 rings (SSSR count). The molecule has 156 valence electrons. The lowest BCUT2D eigenvalue weighted by Crippen LogP contribution is -2.42. The van der Waals surface area contributed by atoms with E-state index in [1.807, 2.05) is 0 Å². The molecule has 30 heavy (non-hydrogen) atoms. The predicted octanol–water partition coefficient (Wildman–Crippen LogP) is 3.42. The lowest BCUT2D eigenvalue weighted by atomic mass is 10.2. The number of hydrogen-bond acceptors (Lipinski definition) is 5. The summed E-state index contributed by atoms with van der Waals surface area (Å²) in [4.78, 5) is 21.4. The summed E-state index contributed by atoms with van der Waals surface area (Å²) < 4.78 is 54.1. The first kappa shape index (κ1) is 20.0. The fraction of sp³-hybridized carbons (Fsp3) is 0.300. The first-order valence-electron chi connectivity index (χ1n) is 9.30. The fourth-order valence-corrected chi connectivity index (χ4v) is 3.47. The van der Waals surface area contributed by atoms with Crippen molar-refractivity contribution in [3.8, 4) is 11.3 Å². The van der Waals surface area contributed by atoms with Crippen LogP contribution in [-0.4, -0.2) is 38.5 Å². The SMILES string of the molecule is O=c1ccc(-c2cnc(N3CCC[C@H]3C(F)(F)F)nc2)nn1Cc1cccc(F)c1. The molecule has 0 aliphatic carbocycles.